The second-order valence-corrected chi connectivity index (χ2v) is 7.82. The number of carbonyl (C=O) groups is 1. The number of aryl methyl sites for hydroxylation is 1. The van der Waals surface area contributed by atoms with E-state index < -0.39 is 17.6 Å². The summed E-state index contributed by atoms with van der Waals surface area (Å²) in [6, 6.07) is 4.39. The predicted octanol–water partition coefficient (Wildman–Crippen LogP) is 4.59. The van der Waals surface area contributed by atoms with Crippen LogP contribution < -0.4 is 0 Å². The molecule has 31 heavy (non-hydrogen) atoms. The quantitative estimate of drug-likeness (QED) is 0.651. The van der Waals surface area contributed by atoms with Gasteiger partial charge in [0, 0.05) is 24.6 Å². The molecule has 1 aromatic carbocycles. The van der Waals surface area contributed by atoms with E-state index in [-0.39, 0.29) is 17.5 Å². The predicted molar refractivity (Wildman–Crippen MR) is 105 cm³/mol. The number of H-pyrrole nitrogens is 1. The lowest BCUT2D eigenvalue weighted by molar-refractivity contribution is -0.137. The second kappa shape index (κ2) is 8.16. The average molecular weight is 433 g/mol. The molecule has 1 aliphatic carbocycles. The third-order valence-electron chi connectivity index (χ3n) is 5.78. The maximum atomic E-state index is 13.0. The molecule has 164 valence electrons. The van der Waals surface area contributed by atoms with E-state index in [0.29, 0.717) is 23.9 Å². The Kier molecular flexibility index (Phi) is 5.55. The Balaban J connectivity index is 1.48. The molecule has 1 aliphatic rings. The Morgan fingerprint density at radius 3 is 2.77 bits per heavy atom. The first-order valence-electron chi connectivity index (χ1n) is 10.0. The van der Waals surface area contributed by atoms with Crippen molar-refractivity contribution in [2.45, 2.75) is 50.7 Å². The van der Waals surface area contributed by atoms with Gasteiger partial charge in [-0.05, 0) is 44.4 Å². The van der Waals surface area contributed by atoms with Crippen molar-refractivity contribution in [2.24, 2.45) is 0 Å². The lowest BCUT2D eigenvalue weighted by Gasteiger charge is -2.34. The summed E-state index contributed by atoms with van der Waals surface area (Å²) in [6.07, 6.45) is 0.109. The first-order chi connectivity index (χ1) is 14.7. The molecule has 0 spiro atoms. The zero-order valence-corrected chi connectivity index (χ0v) is 17.1. The van der Waals surface area contributed by atoms with Gasteiger partial charge < -0.3 is 14.3 Å². The van der Waals surface area contributed by atoms with Crippen LogP contribution in [0.25, 0.3) is 11.6 Å². The van der Waals surface area contributed by atoms with Crippen molar-refractivity contribution >= 4 is 5.91 Å². The van der Waals surface area contributed by atoms with Gasteiger partial charge in [0.1, 0.15) is 5.69 Å². The summed E-state index contributed by atoms with van der Waals surface area (Å²) in [7, 11) is 1.63. The largest absolute Gasteiger partial charge is 0.419 e. The van der Waals surface area contributed by atoms with Crippen molar-refractivity contribution in [3.63, 3.8) is 0 Å². The Morgan fingerprint density at radius 1 is 1.26 bits per heavy atom. The van der Waals surface area contributed by atoms with Gasteiger partial charge in [-0.1, -0.05) is 12.5 Å². The Bertz CT molecular complexity index is 1070. The van der Waals surface area contributed by atoms with Gasteiger partial charge in [-0.15, -0.1) is 10.2 Å². The lowest BCUT2D eigenvalue weighted by atomic mass is 9.84. The average Bonchev–Trinajstić information content (AvgIpc) is 3.41. The number of halogens is 3. The molecule has 1 saturated carbocycles. The van der Waals surface area contributed by atoms with E-state index in [1.807, 2.05) is 6.92 Å². The molecule has 3 aromatic rings. The molecular formula is C21H22F3N5O2. The minimum atomic E-state index is -4.49. The van der Waals surface area contributed by atoms with E-state index in [4.69, 9.17) is 4.42 Å². The van der Waals surface area contributed by atoms with Crippen LogP contribution in [0.2, 0.25) is 0 Å². The highest BCUT2D eigenvalue weighted by Gasteiger charge is 2.34. The number of amides is 1. The van der Waals surface area contributed by atoms with Crippen LogP contribution >= 0.6 is 0 Å². The van der Waals surface area contributed by atoms with Crippen LogP contribution in [0.4, 0.5) is 13.2 Å². The zero-order chi connectivity index (χ0) is 22.2. The highest BCUT2D eigenvalue weighted by molar-refractivity contribution is 5.94. The molecule has 0 unspecified atom stereocenters. The highest BCUT2D eigenvalue weighted by atomic mass is 19.4. The number of alkyl halides is 3. The number of nitrogens with one attached hydrogen (secondary N) is 1. The number of rotatable bonds is 4. The number of aromatic amines is 1. The van der Waals surface area contributed by atoms with Gasteiger partial charge in [0.15, 0.2) is 0 Å². The number of hydrogen-bond acceptors (Lipinski definition) is 5. The van der Waals surface area contributed by atoms with Crippen molar-refractivity contribution in [3.05, 3.63) is 53.3 Å². The molecule has 1 amide bonds. The number of aromatic nitrogens is 4. The highest BCUT2D eigenvalue weighted by Crippen LogP contribution is 2.36. The Labute approximate surface area is 176 Å². The van der Waals surface area contributed by atoms with E-state index in [2.05, 4.69) is 20.2 Å². The van der Waals surface area contributed by atoms with Gasteiger partial charge >= 0.3 is 6.18 Å². The fourth-order valence-corrected chi connectivity index (χ4v) is 4.02. The fourth-order valence-electron chi connectivity index (χ4n) is 4.02. The zero-order valence-electron chi connectivity index (χ0n) is 17.1. The van der Waals surface area contributed by atoms with Crippen molar-refractivity contribution in [3.8, 4) is 11.6 Å². The second-order valence-electron chi connectivity index (χ2n) is 7.82. The van der Waals surface area contributed by atoms with Crippen LogP contribution in [-0.2, 0) is 6.18 Å². The van der Waals surface area contributed by atoms with Crippen LogP contribution in [0.15, 0.2) is 35.0 Å². The molecule has 2 aromatic heterocycles. The summed E-state index contributed by atoms with van der Waals surface area (Å²) in [5.41, 5.74) is 0.612. The first kappa shape index (κ1) is 21.1. The van der Waals surface area contributed by atoms with Crippen molar-refractivity contribution in [1.82, 2.24) is 25.1 Å². The smallest absolute Gasteiger partial charge is 0.416 e. The van der Waals surface area contributed by atoms with Crippen LogP contribution in [0.5, 0.6) is 0 Å². The minimum Gasteiger partial charge on any atom is -0.419 e. The van der Waals surface area contributed by atoms with Gasteiger partial charge in [0.2, 0.25) is 5.89 Å². The Hall–Kier alpha value is -3.17. The van der Waals surface area contributed by atoms with Crippen molar-refractivity contribution in [1.29, 1.82) is 0 Å². The molecule has 4 rings (SSSR count). The summed E-state index contributed by atoms with van der Waals surface area (Å²) in [5, 5.41) is 8.28. The molecule has 2 heterocycles. The summed E-state index contributed by atoms with van der Waals surface area (Å²) in [6.45, 7) is 1.83. The number of benzene rings is 1. The van der Waals surface area contributed by atoms with Crippen LogP contribution in [-0.4, -0.2) is 44.1 Å². The van der Waals surface area contributed by atoms with E-state index >= 15 is 0 Å². The maximum Gasteiger partial charge on any atom is 0.416 e. The van der Waals surface area contributed by atoms with E-state index in [9.17, 15) is 18.0 Å². The van der Waals surface area contributed by atoms with Crippen LogP contribution in [0, 0.1) is 6.92 Å². The molecular weight excluding hydrogens is 411 g/mol. The number of carbonyl (C=O) groups excluding carboxylic acids is 1. The van der Waals surface area contributed by atoms with Gasteiger partial charge in [-0.2, -0.15) is 13.2 Å². The van der Waals surface area contributed by atoms with Gasteiger partial charge in [-0.3, -0.25) is 4.79 Å². The fraction of sp³-hybridized carbons (Fsp3) is 0.429. The molecule has 0 saturated heterocycles. The standard InChI is InChI=1S/C21H22F3N5O2/c1-12-17(26-11-25-12)19-28-27-18(31-19)13-5-4-8-16(10-13)29(2)20(30)14-6-3-7-15(9-14)21(22,23)24/h3,6-7,9,11,13,16H,4-5,8,10H2,1-2H3,(H,25,26)/t13-,16+/m0/s1. The molecule has 10 heteroatoms. The minimum absolute atomic E-state index is 0.0224. The number of nitrogens with zero attached hydrogens (tertiary/aromatic N) is 4. The van der Waals surface area contributed by atoms with Crippen molar-refractivity contribution < 1.29 is 22.4 Å². The molecule has 7 nitrogen and oxygen atoms in total. The number of hydrogen-bond donors (Lipinski definition) is 1. The molecule has 0 bridgehead atoms. The SMILES string of the molecule is Cc1nc[nH]c1-c1nnc([C@H]2CCC[C@@H](N(C)C(=O)c3cccc(C(F)(F)F)c3)C2)o1. The van der Waals surface area contributed by atoms with Gasteiger partial charge in [0.05, 0.1) is 17.6 Å². The first-order valence-corrected chi connectivity index (χ1v) is 10.0. The summed E-state index contributed by atoms with van der Waals surface area (Å²) in [5.74, 6) is 0.394. The normalized spacial score (nSPS) is 19.4. The maximum absolute atomic E-state index is 13.0. The van der Waals surface area contributed by atoms with Gasteiger partial charge in [0.25, 0.3) is 11.8 Å². The van der Waals surface area contributed by atoms with Crippen LogP contribution in [0.3, 0.4) is 0 Å². The molecule has 0 aliphatic heterocycles. The molecule has 2 atom stereocenters. The monoisotopic (exact) mass is 433 g/mol. The van der Waals surface area contributed by atoms with Crippen LogP contribution in [0.1, 0.15) is 59.1 Å². The topological polar surface area (TPSA) is 87.9 Å². The summed E-state index contributed by atoms with van der Waals surface area (Å²) < 4.78 is 44.9. The Morgan fingerprint density at radius 2 is 2.06 bits per heavy atom. The molecule has 0 radical (unpaired) electrons. The van der Waals surface area contributed by atoms with E-state index in [1.165, 1.54) is 17.0 Å². The van der Waals surface area contributed by atoms with Gasteiger partial charge in [-0.25, -0.2) is 4.98 Å². The van der Waals surface area contributed by atoms with E-state index in [0.717, 1.165) is 37.1 Å². The molecule has 1 fully saturated rings. The summed E-state index contributed by atoms with van der Waals surface area (Å²) >= 11 is 0. The molecule has 1 N–H and O–H groups in total. The van der Waals surface area contributed by atoms with Crippen molar-refractivity contribution in [2.75, 3.05) is 7.05 Å². The summed E-state index contributed by atoms with van der Waals surface area (Å²) in [4.78, 5) is 21.5. The van der Waals surface area contributed by atoms with E-state index in [1.54, 1.807) is 13.4 Å². The lowest BCUT2D eigenvalue weighted by Crippen LogP contribution is -2.40. The number of imidazole rings is 1. The third-order valence-corrected chi connectivity index (χ3v) is 5.78. The third kappa shape index (κ3) is 4.33.